The summed E-state index contributed by atoms with van der Waals surface area (Å²) in [5.74, 6) is -0.831. The molecule has 0 saturated carbocycles. The van der Waals surface area contributed by atoms with Gasteiger partial charge in [-0.05, 0) is 17.7 Å². The van der Waals surface area contributed by atoms with E-state index in [4.69, 9.17) is 5.11 Å². The molecule has 0 bridgehead atoms. The summed E-state index contributed by atoms with van der Waals surface area (Å²) in [6.45, 7) is -0.00454. The SMILES string of the molecule is O=C(O)CCc1nccc2c1[nH]c1cc(CO)ccc12. The Hall–Kier alpha value is -2.40. The van der Waals surface area contributed by atoms with E-state index in [0.29, 0.717) is 6.42 Å². The summed E-state index contributed by atoms with van der Waals surface area (Å²) in [5, 5.41) is 20.0. The van der Waals surface area contributed by atoms with Crippen LogP contribution in [0.5, 0.6) is 0 Å². The second kappa shape index (κ2) is 4.94. The predicted octanol–water partition coefficient (Wildman–Crippen LogP) is 2.23. The summed E-state index contributed by atoms with van der Waals surface area (Å²) < 4.78 is 0. The van der Waals surface area contributed by atoms with Crippen molar-refractivity contribution in [2.45, 2.75) is 19.4 Å². The molecule has 0 aliphatic rings. The zero-order valence-corrected chi connectivity index (χ0v) is 10.8. The summed E-state index contributed by atoms with van der Waals surface area (Å²) >= 11 is 0. The van der Waals surface area contributed by atoms with Gasteiger partial charge in [-0.25, -0.2) is 0 Å². The molecule has 20 heavy (non-hydrogen) atoms. The molecular formula is C15H14N2O3. The van der Waals surface area contributed by atoms with E-state index < -0.39 is 5.97 Å². The number of rotatable bonds is 4. The van der Waals surface area contributed by atoms with Crippen molar-refractivity contribution in [3.8, 4) is 0 Å². The van der Waals surface area contributed by atoms with Gasteiger partial charge in [0.2, 0.25) is 0 Å². The highest BCUT2D eigenvalue weighted by atomic mass is 16.4. The van der Waals surface area contributed by atoms with Crippen LogP contribution < -0.4 is 0 Å². The van der Waals surface area contributed by atoms with Crippen LogP contribution in [0.25, 0.3) is 21.8 Å². The van der Waals surface area contributed by atoms with Crippen LogP contribution in [0.1, 0.15) is 17.7 Å². The second-order valence-corrected chi connectivity index (χ2v) is 4.74. The van der Waals surface area contributed by atoms with Gasteiger partial charge in [-0.3, -0.25) is 9.78 Å². The summed E-state index contributed by atoms with van der Waals surface area (Å²) in [4.78, 5) is 18.2. The molecule has 0 aliphatic carbocycles. The lowest BCUT2D eigenvalue weighted by Gasteiger charge is -1.99. The van der Waals surface area contributed by atoms with Crippen molar-refractivity contribution < 1.29 is 15.0 Å². The molecule has 0 aliphatic heterocycles. The molecule has 0 unspecified atom stereocenters. The first-order chi connectivity index (χ1) is 9.69. The number of nitrogens with one attached hydrogen (secondary N) is 1. The Kier molecular flexibility index (Phi) is 3.12. The summed E-state index contributed by atoms with van der Waals surface area (Å²) in [6.07, 6.45) is 2.16. The minimum Gasteiger partial charge on any atom is -0.481 e. The Morgan fingerprint density at radius 1 is 1.25 bits per heavy atom. The molecule has 0 fully saturated rings. The van der Waals surface area contributed by atoms with Crippen molar-refractivity contribution in [3.63, 3.8) is 0 Å². The standard InChI is InChI=1S/C15H14N2O3/c18-8-9-1-2-10-11-5-6-16-12(3-4-14(19)20)15(11)17-13(10)7-9/h1-2,5-7,17-18H,3-4,8H2,(H,19,20). The van der Waals surface area contributed by atoms with Crippen LogP contribution in [0.3, 0.4) is 0 Å². The number of pyridine rings is 1. The number of hydrogen-bond donors (Lipinski definition) is 3. The Balaban J connectivity index is 2.16. The molecule has 102 valence electrons. The minimum absolute atomic E-state index is 0.00454. The number of carbonyl (C=O) groups is 1. The van der Waals surface area contributed by atoms with Crippen molar-refractivity contribution >= 4 is 27.8 Å². The molecular weight excluding hydrogens is 256 g/mol. The molecule has 0 amide bonds. The fourth-order valence-corrected chi connectivity index (χ4v) is 2.45. The van der Waals surface area contributed by atoms with E-state index >= 15 is 0 Å². The summed E-state index contributed by atoms with van der Waals surface area (Å²) in [6, 6.07) is 7.65. The van der Waals surface area contributed by atoms with Gasteiger partial charge in [-0.15, -0.1) is 0 Å². The number of aryl methyl sites for hydroxylation is 1. The quantitative estimate of drug-likeness (QED) is 0.678. The maximum absolute atomic E-state index is 10.7. The molecule has 3 aromatic rings. The number of aromatic nitrogens is 2. The third-order valence-electron chi connectivity index (χ3n) is 3.42. The normalized spacial score (nSPS) is 11.2. The monoisotopic (exact) mass is 270 g/mol. The van der Waals surface area contributed by atoms with E-state index in [0.717, 1.165) is 33.1 Å². The van der Waals surface area contributed by atoms with Crippen LogP contribution in [-0.2, 0) is 17.8 Å². The molecule has 5 heteroatoms. The first kappa shape index (κ1) is 12.6. The maximum atomic E-state index is 10.7. The molecule has 2 heterocycles. The third kappa shape index (κ3) is 2.12. The van der Waals surface area contributed by atoms with E-state index in [1.165, 1.54) is 0 Å². The van der Waals surface area contributed by atoms with Crippen LogP contribution in [0, 0.1) is 0 Å². The number of carboxylic acids is 1. The van der Waals surface area contributed by atoms with Gasteiger partial charge < -0.3 is 15.2 Å². The Bertz CT molecular complexity index is 792. The highest BCUT2D eigenvalue weighted by Gasteiger charge is 2.10. The number of nitrogens with zero attached hydrogens (tertiary/aromatic N) is 1. The van der Waals surface area contributed by atoms with Crippen LogP contribution in [0.2, 0.25) is 0 Å². The summed E-state index contributed by atoms with van der Waals surface area (Å²) in [7, 11) is 0. The van der Waals surface area contributed by atoms with Gasteiger partial charge in [0.1, 0.15) is 0 Å². The lowest BCUT2D eigenvalue weighted by Crippen LogP contribution is -1.99. The van der Waals surface area contributed by atoms with Gasteiger partial charge in [-0.2, -0.15) is 0 Å². The number of carboxylic acid groups (broad SMARTS) is 1. The zero-order valence-electron chi connectivity index (χ0n) is 10.8. The van der Waals surface area contributed by atoms with Gasteiger partial charge in [-0.1, -0.05) is 12.1 Å². The summed E-state index contributed by atoms with van der Waals surface area (Å²) in [5.41, 5.74) is 3.39. The topological polar surface area (TPSA) is 86.2 Å². The van der Waals surface area contributed by atoms with Gasteiger partial charge in [0.05, 0.1) is 24.2 Å². The number of H-pyrrole nitrogens is 1. The van der Waals surface area contributed by atoms with Crippen molar-refractivity contribution in [2.24, 2.45) is 0 Å². The van der Waals surface area contributed by atoms with E-state index in [1.807, 2.05) is 24.3 Å². The maximum Gasteiger partial charge on any atom is 0.303 e. The number of aliphatic hydroxyl groups excluding tert-OH is 1. The Morgan fingerprint density at radius 2 is 2.10 bits per heavy atom. The molecule has 5 nitrogen and oxygen atoms in total. The van der Waals surface area contributed by atoms with Gasteiger partial charge in [0.25, 0.3) is 0 Å². The molecule has 0 spiro atoms. The predicted molar refractivity (Wildman–Crippen MR) is 75.5 cm³/mol. The molecule has 3 N–H and O–H groups in total. The molecule has 1 aromatic carbocycles. The van der Waals surface area contributed by atoms with Gasteiger partial charge in [0, 0.05) is 28.9 Å². The van der Waals surface area contributed by atoms with Crippen LogP contribution in [-0.4, -0.2) is 26.2 Å². The highest BCUT2D eigenvalue weighted by molar-refractivity contribution is 6.07. The smallest absolute Gasteiger partial charge is 0.303 e. The number of aliphatic carboxylic acids is 1. The fraction of sp³-hybridized carbons (Fsp3) is 0.200. The van der Waals surface area contributed by atoms with Crippen LogP contribution in [0.15, 0.2) is 30.5 Å². The van der Waals surface area contributed by atoms with Crippen molar-refractivity contribution in [1.29, 1.82) is 0 Å². The lowest BCUT2D eigenvalue weighted by atomic mass is 10.1. The van der Waals surface area contributed by atoms with Crippen molar-refractivity contribution in [3.05, 3.63) is 41.7 Å². The Labute approximate surface area is 114 Å². The van der Waals surface area contributed by atoms with Gasteiger partial charge in [0.15, 0.2) is 0 Å². The molecule has 0 radical (unpaired) electrons. The van der Waals surface area contributed by atoms with E-state index in [2.05, 4.69) is 9.97 Å². The lowest BCUT2D eigenvalue weighted by molar-refractivity contribution is -0.136. The number of fused-ring (bicyclic) bond motifs is 3. The average molecular weight is 270 g/mol. The van der Waals surface area contributed by atoms with Crippen LogP contribution >= 0.6 is 0 Å². The second-order valence-electron chi connectivity index (χ2n) is 4.74. The third-order valence-corrected chi connectivity index (χ3v) is 3.42. The van der Waals surface area contributed by atoms with E-state index in [1.54, 1.807) is 6.20 Å². The van der Waals surface area contributed by atoms with Crippen molar-refractivity contribution in [1.82, 2.24) is 9.97 Å². The Morgan fingerprint density at radius 3 is 2.85 bits per heavy atom. The van der Waals surface area contributed by atoms with E-state index in [9.17, 15) is 9.90 Å². The number of aromatic amines is 1. The molecule has 0 atom stereocenters. The van der Waals surface area contributed by atoms with Crippen LogP contribution in [0.4, 0.5) is 0 Å². The molecule has 2 aromatic heterocycles. The molecule has 3 rings (SSSR count). The first-order valence-electron chi connectivity index (χ1n) is 6.40. The fourth-order valence-electron chi connectivity index (χ4n) is 2.45. The zero-order chi connectivity index (χ0) is 14.1. The number of aliphatic hydroxyl groups is 1. The van der Waals surface area contributed by atoms with E-state index in [-0.39, 0.29) is 13.0 Å². The average Bonchev–Trinajstić information content (AvgIpc) is 2.83. The van der Waals surface area contributed by atoms with Crippen molar-refractivity contribution in [2.75, 3.05) is 0 Å². The highest BCUT2D eigenvalue weighted by Crippen LogP contribution is 2.27. The minimum atomic E-state index is -0.831. The largest absolute Gasteiger partial charge is 0.481 e. The van der Waals surface area contributed by atoms with Gasteiger partial charge >= 0.3 is 5.97 Å². The first-order valence-corrected chi connectivity index (χ1v) is 6.40. The molecule has 0 saturated heterocycles. The number of benzene rings is 1. The number of hydrogen-bond acceptors (Lipinski definition) is 3.